The number of nitrogens with one attached hydrogen (secondary N) is 1. The summed E-state index contributed by atoms with van der Waals surface area (Å²) in [6.45, 7) is 1.35. The maximum absolute atomic E-state index is 12.1. The summed E-state index contributed by atoms with van der Waals surface area (Å²) in [6.07, 6.45) is 2.22. The molecule has 28 heavy (non-hydrogen) atoms. The SMILES string of the molecule is O=C(CSc1nc(-c2ccccc2)c(-c2ccccc2)o1)NCC1CCCO1. The Morgan fingerprint density at radius 2 is 1.79 bits per heavy atom. The molecule has 4 rings (SSSR count). The Balaban J connectivity index is 1.47. The van der Waals surface area contributed by atoms with Crippen molar-refractivity contribution in [3.63, 3.8) is 0 Å². The fourth-order valence-corrected chi connectivity index (χ4v) is 3.81. The van der Waals surface area contributed by atoms with E-state index in [-0.39, 0.29) is 17.8 Å². The van der Waals surface area contributed by atoms with Crippen LogP contribution >= 0.6 is 11.8 Å². The second kappa shape index (κ2) is 9.08. The van der Waals surface area contributed by atoms with Crippen LogP contribution in [0.2, 0.25) is 0 Å². The number of aromatic nitrogens is 1. The van der Waals surface area contributed by atoms with Crippen LogP contribution in [0.3, 0.4) is 0 Å². The third-order valence-corrected chi connectivity index (χ3v) is 5.40. The van der Waals surface area contributed by atoms with Gasteiger partial charge in [-0.05, 0) is 12.8 Å². The van der Waals surface area contributed by atoms with Gasteiger partial charge in [0.15, 0.2) is 5.76 Å². The lowest BCUT2D eigenvalue weighted by atomic mass is 10.1. The molecule has 1 atom stereocenters. The Kier molecular flexibility index (Phi) is 6.09. The van der Waals surface area contributed by atoms with Crippen molar-refractivity contribution in [2.45, 2.75) is 24.2 Å². The molecule has 1 amide bonds. The lowest BCUT2D eigenvalue weighted by molar-refractivity contribution is -0.119. The second-order valence-electron chi connectivity index (χ2n) is 6.62. The van der Waals surface area contributed by atoms with E-state index in [1.165, 1.54) is 11.8 Å². The minimum absolute atomic E-state index is 0.0405. The molecule has 1 unspecified atom stereocenters. The normalized spacial score (nSPS) is 16.2. The molecule has 1 aliphatic heterocycles. The van der Waals surface area contributed by atoms with E-state index < -0.39 is 0 Å². The van der Waals surface area contributed by atoms with Gasteiger partial charge in [-0.1, -0.05) is 72.4 Å². The number of carbonyl (C=O) groups is 1. The molecule has 1 aromatic heterocycles. The number of carbonyl (C=O) groups excluding carboxylic acids is 1. The number of rotatable bonds is 7. The molecule has 3 aromatic rings. The smallest absolute Gasteiger partial charge is 0.257 e. The first-order valence-corrected chi connectivity index (χ1v) is 10.4. The molecule has 2 heterocycles. The summed E-state index contributed by atoms with van der Waals surface area (Å²) in [7, 11) is 0. The standard InChI is InChI=1S/C22H22N2O3S/c25-19(23-14-18-12-7-13-26-18)15-28-22-24-20(16-8-3-1-4-9-16)21(27-22)17-10-5-2-6-11-17/h1-6,8-11,18H,7,12-15H2,(H,23,25). The van der Waals surface area contributed by atoms with Gasteiger partial charge in [0.25, 0.3) is 5.22 Å². The summed E-state index contributed by atoms with van der Waals surface area (Å²) >= 11 is 1.30. The van der Waals surface area contributed by atoms with Gasteiger partial charge in [-0.2, -0.15) is 0 Å². The van der Waals surface area contributed by atoms with Gasteiger partial charge in [0.1, 0.15) is 5.69 Å². The highest BCUT2D eigenvalue weighted by Gasteiger charge is 2.19. The molecule has 5 nitrogen and oxygen atoms in total. The summed E-state index contributed by atoms with van der Waals surface area (Å²) in [5, 5.41) is 3.42. The lowest BCUT2D eigenvalue weighted by Crippen LogP contribution is -2.32. The van der Waals surface area contributed by atoms with Crippen molar-refractivity contribution in [1.82, 2.24) is 10.3 Å². The van der Waals surface area contributed by atoms with Crippen LogP contribution in [-0.2, 0) is 9.53 Å². The van der Waals surface area contributed by atoms with Crippen molar-refractivity contribution in [3.05, 3.63) is 60.7 Å². The fourth-order valence-electron chi connectivity index (χ4n) is 3.15. The van der Waals surface area contributed by atoms with Crippen LogP contribution in [0, 0.1) is 0 Å². The van der Waals surface area contributed by atoms with Gasteiger partial charge in [-0.25, -0.2) is 4.98 Å². The van der Waals surface area contributed by atoms with Gasteiger partial charge in [0.2, 0.25) is 5.91 Å². The quantitative estimate of drug-likeness (QED) is 0.602. The maximum atomic E-state index is 12.1. The van der Waals surface area contributed by atoms with Gasteiger partial charge in [0.05, 0.1) is 11.9 Å². The van der Waals surface area contributed by atoms with E-state index in [4.69, 9.17) is 9.15 Å². The summed E-state index contributed by atoms with van der Waals surface area (Å²) in [5.41, 5.74) is 2.73. The Morgan fingerprint density at radius 3 is 2.46 bits per heavy atom. The monoisotopic (exact) mass is 394 g/mol. The van der Waals surface area contributed by atoms with Crippen LogP contribution in [0.15, 0.2) is 70.3 Å². The first-order valence-electron chi connectivity index (χ1n) is 9.42. The topological polar surface area (TPSA) is 64.4 Å². The Morgan fingerprint density at radius 1 is 1.07 bits per heavy atom. The molecule has 1 fully saturated rings. The van der Waals surface area contributed by atoms with Gasteiger partial charge < -0.3 is 14.5 Å². The van der Waals surface area contributed by atoms with Crippen molar-refractivity contribution >= 4 is 17.7 Å². The molecule has 144 valence electrons. The number of amides is 1. The third-order valence-electron chi connectivity index (χ3n) is 4.57. The number of thioether (sulfide) groups is 1. The number of oxazole rings is 1. The number of ether oxygens (including phenoxy) is 1. The summed E-state index contributed by atoms with van der Waals surface area (Å²) in [4.78, 5) is 16.8. The molecular weight excluding hydrogens is 372 g/mol. The Bertz CT molecular complexity index is 849. The van der Waals surface area contributed by atoms with Gasteiger partial charge in [-0.3, -0.25) is 4.79 Å². The van der Waals surface area contributed by atoms with E-state index >= 15 is 0 Å². The minimum Gasteiger partial charge on any atom is -0.431 e. The Hall–Kier alpha value is -2.57. The van der Waals surface area contributed by atoms with E-state index in [1.807, 2.05) is 60.7 Å². The highest BCUT2D eigenvalue weighted by molar-refractivity contribution is 7.99. The van der Waals surface area contributed by atoms with Crippen LogP contribution in [0.4, 0.5) is 0 Å². The van der Waals surface area contributed by atoms with Gasteiger partial charge in [-0.15, -0.1) is 0 Å². The van der Waals surface area contributed by atoms with Crippen LogP contribution in [0.1, 0.15) is 12.8 Å². The number of hydrogen-bond acceptors (Lipinski definition) is 5. The van der Waals surface area contributed by atoms with Crippen molar-refractivity contribution in [3.8, 4) is 22.6 Å². The summed E-state index contributed by atoms with van der Waals surface area (Å²) in [6, 6.07) is 19.8. The molecule has 6 heteroatoms. The zero-order valence-electron chi connectivity index (χ0n) is 15.5. The molecule has 1 aliphatic rings. The molecule has 0 bridgehead atoms. The lowest BCUT2D eigenvalue weighted by Gasteiger charge is -2.09. The maximum Gasteiger partial charge on any atom is 0.257 e. The largest absolute Gasteiger partial charge is 0.431 e. The first kappa shape index (κ1) is 18.8. The molecule has 0 aliphatic carbocycles. The highest BCUT2D eigenvalue weighted by Crippen LogP contribution is 2.35. The second-order valence-corrected chi connectivity index (χ2v) is 7.54. The molecule has 1 saturated heterocycles. The average molecular weight is 394 g/mol. The number of nitrogens with zero attached hydrogens (tertiary/aromatic N) is 1. The van der Waals surface area contributed by atoms with Crippen LogP contribution in [0.5, 0.6) is 0 Å². The molecular formula is C22H22N2O3S. The highest BCUT2D eigenvalue weighted by atomic mass is 32.2. The van der Waals surface area contributed by atoms with Crippen molar-refractivity contribution in [2.24, 2.45) is 0 Å². The van der Waals surface area contributed by atoms with Crippen LogP contribution in [-0.4, -0.2) is 35.9 Å². The van der Waals surface area contributed by atoms with E-state index in [1.54, 1.807) is 0 Å². The van der Waals surface area contributed by atoms with Crippen molar-refractivity contribution in [2.75, 3.05) is 18.9 Å². The van der Waals surface area contributed by atoms with Crippen molar-refractivity contribution in [1.29, 1.82) is 0 Å². The molecule has 1 N–H and O–H groups in total. The van der Waals surface area contributed by atoms with E-state index in [9.17, 15) is 4.79 Å². The Labute approximate surface area is 168 Å². The molecule has 0 spiro atoms. The minimum atomic E-state index is -0.0405. The van der Waals surface area contributed by atoms with Crippen LogP contribution < -0.4 is 5.32 Å². The predicted molar refractivity (Wildman–Crippen MR) is 110 cm³/mol. The van der Waals surface area contributed by atoms with Crippen molar-refractivity contribution < 1.29 is 13.9 Å². The van der Waals surface area contributed by atoms with E-state index in [0.717, 1.165) is 36.3 Å². The predicted octanol–water partition coefficient (Wildman–Crippen LogP) is 4.40. The third kappa shape index (κ3) is 4.64. The summed E-state index contributed by atoms with van der Waals surface area (Å²) < 4.78 is 11.6. The molecule has 0 radical (unpaired) electrons. The molecule has 2 aromatic carbocycles. The van der Waals surface area contributed by atoms with Gasteiger partial charge in [0, 0.05) is 24.3 Å². The zero-order chi connectivity index (χ0) is 19.2. The zero-order valence-corrected chi connectivity index (χ0v) is 16.3. The van der Waals surface area contributed by atoms with Crippen LogP contribution in [0.25, 0.3) is 22.6 Å². The first-order chi connectivity index (χ1) is 13.8. The number of hydrogen-bond donors (Lipinski definition) is 1. The van der Waals surface area contributed by atoms with E-state index in [0.29, 0.717) is 17.5 Å². The number of benzene rings is 2. The summed E-state index contributed by atoms with van der Waals surface area (Å²) in [5.74, 6) is 0.936. The van der Waals surface area contributed by atoms with Gasteiger partial charge >= 0.3 is 0 Å². The fraction of sp³-hybridized carbons (Fsp3) is 0.273. The average Bonchev–Trinajstić information content (AvgIpc) is 3.42. The molecule has 0 saturated carbocycles. The van der Waals surface area contributed by atoms with E-state index in [2.05, 4.69) is 10.3 Å².